The Labute approximate surface area is 69.2 Å². The maximum Gasteiger partial charge on any atom is 0.146 e. The lowest BCUT2D eigenvalue weighted by atomic mass is 3.87. The van der Waals surface area contributed by atoms with Gasteiger partial charge in [0.15, 0.2) is 0 Å². The number of likely N-dealkylation sites (tertiary alicyclic amines) is 1. The van der Waals surface area contributed by atoms with Crippen LogP contribution in [0, 0.1) is 5.92 Å². The highest BCUT2D eigenvalue weighted by Gasteiger charge is 2.38. The van der Waals surface area contributed by atoms with Crippen molar-refractivity contribution in [2.45, 2.75) is 45.4 Å². The smallest absolute Gasteiger partial charge is 0.146 e. The summed E-state index contributed by atoms with van der Waals surface area (Å²) in [6, 6.07) is 0. The number of hydrogen-bond donors (Lipinski definition) is 0. The maximum atomic E-state index is 11.4. The Balaban J connectivity index is 2.72. The van der Waals surface area contributed by atoms with Gasteiger partial charge in [0.05, 0.1) is 0 Å². The SMILES string of the molecule is CC1CCC([4O])N(C)C1(C)C. The van der Waals surface area contributed by atoms with Gasteiger partial charge >= 0.3 is 0 Å². The molecular weight excluding hydrogens is 126 g/mol. The third kappa shape index (κ3) is 1.42. The number of hydrogen-bond acceptors (Lipinski definition) is 1. The molecule has 0 amide bonds. The topological polar surface area (TPSA) is 23.1 Å². The maximum absolute atomic E-state index is 11.4. The molecule has 1 fully saturated rings. The average Bonchev–Trinajstić information content (AvgIpc) is 1.95. The van der Waals surface area contributed by atoms with Gasteiger partial charge in [-0.05, 0) is 39.7 Å². The van der Waals surface area contributed by atoms with Crippen molar-refractivity contribution in [3.8, 4) is 0 Å². The van der Waals surface area contributed by atoms with Gasteiger partial charge in [0.1, 0.15) is 6.23 Å². The molecule has 0 aromatic rings. The summed E-state index contributed by atoms with van der Waals surface area (Å²) in [7, 11) is 1.94. The summed E-state index contributed by atoms with van der Waals surface area (Å²) in [6.45, 7) is 6.53. The Bertz CT molecular complexity index is 144. The molecule has 0 spiro atoms. The summed E-state index contributed by atoms with van der Waals surface area (Å²) < 4.78 is 0. The first-order valence-electron chi connectivity index (χ1n) is 4.35. The predicted molar refractivity (Wildman–Crippen MR) is 44.7 cm³/mol. The van der Waals surface area contributed by atoms with Crippen LogP contribution in [0.5, 0.6) is 0 Å². The zero-order valence-electron chi connectivity index (χ0n) is 7.92. The second kappa shape index (κ2) is 2.76. The summed E-state index contributed by atoms with van der Waals surface area (Å²) >= 11 is 0. The molecule has 2 unspecified atom stereocenters. The van der Waals surface area contributed by atoms with Crippen LogP contribution >= 0.6 is 0 Å². The summed E-state index contributed by atoms with van der Waals surface area (Å²) in [4.78, 5) is 1.96. The van der Waals surface area contributed by atoms with Gasteiger partial charge in [0.2, 0.25) is 0 Å². The lowest BCUT2D eigenvalue weighted by molar-refractivity contribution is -0.129. The van der Waals surface area contributed by atoms with Gasteiger partial charge in [-0.1, -0.05) is 6.92 Å². The van der Waals surface area contributed by atoms with Crippen molar-refractivity contribution < 1.29 is 5.11 Å². The van der Waals surface area contributed by atoms with E-state index in [1.807, 2.05) is 11.9 Å². The fourth-order valence-corrected chi connectivity index (χ4v) is 1.66. The van der Waals surface area contributed by atoms with Crippen LogP contribution in [0.1, 0.15) is 33.6 Å². The minimum absolute atomic E-state index is 0.0880. The van der Waals surface area contributed by atoms with E-state index >= 15 is 0 Å². The normalized spacial score (nSPS) is 39.0. The molecule has 1 aliphatic heterocycles. The lowest BCUT2D eigenvalue weighted by Gasteiger charge is -2.46. The molecule has 1 heterocycles. The fraction of sp³-hybridized carbons (Fsp3) is 1.00. The molecule has 11 heavy (non-hydrogen) atoms. The van der Waals surface area contributed by atoms with Crippen LogP contribution in [-0.2, 0) is 5.11 Å². The Morgan fingerprint density at radius 2 is 1.91 bits per heavy atom. The fourth-order valence-electron chi connectivity index (χ4n) is 1.66. The van der Waals surface area contributed by atoms with E-state index in [0.717, 1.165) is 12.8 Å². The van der Waals surface area contributed by atoms with E-state index in [1.165, 1.54) is 0 Å². The molecule has 0 aliphatic carbocycles. The van der Waals surface area contributed by atoms with Crippen LogP contribution in [0.2, 0.25) is 0 Å². The van der Waals surface area contributed by atoms with E-state index < -0.39 is 6.23 Å². The van der Waals surface area contributed by atoms with Crippen molar-refractivity contribution in [1.82, 2.24) is 4.90 Å². The van der Waals surface area contributed by atoms with Crippen molar-refractivity contribution in [2.24, 2.45) is 5.92 Å². The van der Waals surface area contributed by atoms with E-state index in [-0.39, 0.29) is 5.54 Å². The first-order valence-corrected chi connectivity index (χ1v) is 4.35. The number of rotatable bonds is 0. The molecule has 2 nitrogen and oxygen atoms in total. The van der Waals surface area contributed by atoms with E-state index in [9.17, 15) is 5.11 Å². The zero-order valence-corrected chi connectivity index (χ0v) is 7.92. The van der Waals surface area contributed by atoms with Crippen LogP contribution in [-0.4, -0.2) is 23.7 Å². The van der Waals surface area contributed by atoms with Crippen molar-refractivity contribution >= 4 is 0 Å². The van der Waals surface area contributed by atoms with Gasteiger partial charge in [-0.25, -0.2) is 5.11 Å². The second-order valence-corrected chi connectivity index (χ2v) is 4.20. The monoisotopic (exact) mass is 144 g/mol. The van der Waals surface area contributed by atoms with Crippen LogP contribution in [0.3, 0.4) is 0 Å². The molecule has 1 rings (SSSR count). The lowest BCUT2D eigenvalue weighted by Crippen LogP contribution is -2.54. The molecule has 0 N–H and O–H groups in total. The van der Waals surface area contributed by atoms with Gasteiger partial charge in [0.25, 0.3) is 0 Å². The van der Waals surface area contributed by atoms with Crippen molar-refractivity contribution in [2.75, 3.05) is 7.05 Å². The molecule has 0 aromatic heterocycles. The van der Waals surface area contributed by atoms with E-state index in [2.05, 4.69) is 20.8 Å². The Morgan fingerprint density at radius 3 is 2.36 bits per heavy atom. The molecule has 0 bridgehead atoms. The molecule has 65 valence electrons. The summed E-state index contributed by atoms with van der Waals surface area (Å²) in [5, 5.41) is 11.4. The summed E-state index contributed by atoms with van der Waals surface area (Å²) in [5.74, 6) is 0.637. The van der Waals surface area contributed by atoms with Crippen molar-refractivity contribution in [1.29, 1.82) is 0 Å². The van der Waals surface area contributed by atoms with Gasteiger partial charge in [-0.15, -0.1) is 0 Å². The molecular formula is C9H18NO. The Morgan fingerprint density at radius 1 is 1.36 bits per heavy atom. The second-order valence-electron chi connectivity index (χ2n) is 4.20. The highest BCUT2D eigenvalue weighted by molar-refractivity contribution is 4.89. The molecule has 2 atom stereocenters. The average molecular weight is 144 g/mol. The minimum Gasteiger partial charge on any atom is -0.273 e. The zero-order chi connectivity index (χ0) is 8.65. The highest BCUT2D eigenvalue weighted by Crippen LogP contribution is 2.34. The van der Waals surface area contributed by atoms with Crippen LogP contribution < -0.4 is 0 Å². The third-order valence-corrected chi connectivity index (χ3v) is 3.39. The first kappa shape index (κ1) is 9.01. The van der Waals surface area contributed by atoms with Crippen LogP contribution in [0.4, 0.5) is 0 Å². The van der Waals surface area contributed by atoms with Gasteiger partial charge in [-0.2, -0.15) is 0 Å². The van der Waals surface area contributed by atoms with Gasteiger partial charge < -0.3 is 0 Å². The van der Waals surface area contributed by atoms with Gasteiger partial charge in [-0.3, -0.25) is 4.90 Å². The highest BCUT2D eigenvalue weighted by atomic mass is 15.2. The van der Waals surface area contributed by atoms with Crippen molar-refractivity contribution in [3.05, 3.63) is 0 Å². The number of nitrogens with zero attached hydrogens (tertiary/aromatic N) is 1. The molecule has 0 saturated carbocycles. The minimum atomic E-state index is -0.485. The number of piperidine rings is 1. The third-order valence-electron chi connectivity index (χ3n) is 3.39. The van der Waals surface area contributed by atoms with Crippen LogP contribution in [0.25, 0.3) is 0 Å². The summed E-state index contributed by atoms with van der Waals surface area (Å²) in [6.07, 6.45) is 1.40. The Kier molecular flexibility index (Phi) is 2.26. The molecule has 1 saturated heterocycles. The van der Waals surface area contributed by atoms with Gasteiger partial charge in [0, 0.05) is 5.54 Å². The molecule has 1 aliphatic rings. The largest absolute Gasteiger partial charge is 0.273 e. The molecule has 1 radical (unpaired) electrons. The van der Waals surface area contributed by atoms with E-state index in [4.69, 9.17) is 0 Å². The standard InChI is InChI=1S/C9H18NO/c1-7-5-6-8(11)10(4)9(7,2)3/h7-8H,5-6H2,1-4H3/i11-12. The molecule has 2 heteroatoms. The van der Waals surface area contributed by atoms with E-state index in [1.54, 1.807) is 0 Å². The first-order chi connectivity index (χ1) is 4.96. The predicted octanol–water partition coefficient (Wildman–Crippen LogP) is 1.88. The Hall–Kier alpha value is -0.0800. The quantitative estimate of drug-likeness (QED) is 0.509. The molecule has 0 aromatic carbocycles. The summed E-state index contributed by atoms with van der Waals surface area (Å²) in [5.41, 5.74) is 0.0880. The van der Waals surface area contributed by atoms with E-state index in [0.29, 0.717) is 5.92 Å². The van der Waals surface area contributed by atoms with Crippen molar-refractivity contribution in [3.63, 3.8) is 0 Å². The van der Waals surface area contributed by atoms with Crippen LogP contribution in [0.15, 0.2) is 0 Å².